The summed E-state index contributed by atoms with van der Waals surface area (Å²) in [5.74, 6) is 2.61. The van der Waals surface area contributed by atoms with Gasteiger partial charge in [0.05, 0.1) is 0 Å². The fourth-order valence-electron chi connectivity index (χ4n) is 2.31. The molecule has 0 amide bonds. The highest BCUT2D eigenvalue weighted by Crippen LogP contribution is 2.19. The summed E-state index contributed by atoms with van der Waals surface area (Å²) in [7, 11) is 0. The molecule has 0 aliphatic carbocycles. The van der Waals surface area contributed by atoms with Crippen molar-refractivity contribution in [3.05, 3.63) is 30.1 Å². The highest BCUT2D eigenvalue weighted by Gasteiger charge is 2.21. The van der Waals surface area contributed by atoms with Crippen molar-refractivity contribution in [2.45, 2.75) is 25.9 Å². The summed E-state index contributed by atoms with van der Waals surface area (Å²) in [5, 5.41) is 12.7. The zero-order valence-electron chi connectivity index (χ0n) is 9.66. The Bertz CT molecular complexity index is 486. The number of nitrogens with zero attached hydrogens (tertiary/aromatic N) is 5. The van der Waals surface area contributed by atoms with Gasteiger partial charge in [-0.15, -0.1) is 10.2 Å². The molecule has 2 aromatic rings. The van der Waals surface area contributed by atoms with Gasteiger partial charge in [-0.25, -0.2) is 0 Å². The smallest absolute Gasteiger partial charge is 0.154 e. The molecule has 1 unspecified atom stereocenters. The average molecular weight is 232 g/mol. The van der Waals surface area contributed by atoms with Crippen LogP contribution in [-0.4, -0.2) is 31.1 Å². The molecule has 3 heterocycles. The topological polar surface area (TPSA) is 74.6 Å². The molecule has 2 aromatic heterocycles. The van der Waals surface area contributed by atoms with Crippen LogP contribution in [0.1, 0.15) is 18.1 Å². The molecule has 0 bridgehead atoms. The zero-order valence-corrected chi connectivity index (χ0v) is 9.66. The lowest BCUT2D eigenvalue weighted by Crippen LogP contribution is -2.26. The van der Waals surface area contributed by atoms with E-state index in [4.69, 9.17) is 5.73 Å². The molecule has 0 saturated heterocycles. The SMILES string of the molecule is NCC1CCn2c(nnc2Cn2cccn2)C1. The van der Waals surface area contributed by atoms with Crippen molar-refractivity contribution in [2.24, 2.45) is 11.7 Å². The third kappa shape index (κ3) is 1.95. The Hall–Kier alpha value is -1.69. The number of fused-ring (bicyclic) bond motifs is 1. The zero-order chi connectivity index (χ0) is 11.7. The molecule has 1 atom stereocenters. The van der Waals surface area contributed by atoms with E-state index in [1.54, 1.807) is 6.20 Å². The monoisotopic (exact) mass is 232 g/mol. The van der Waals surface area contributed by atoms with E-state index in [2.05, 4.69) is 19.9 Å². The van der Waals surface area contributed by atoms with Crippen LogP contribution in [-0.2, 0) is 19.5 Å². The van der Waals surface area contributed by atoms with Gasteiger partial charge in [-0.3, -0.25) is 4.68 Å². The van der Waals surface area contributed by atoms with Crippen LogP contribution < -0.4 is 5.73 Å². The van der Waals surface area contributed by atoms with Gasteiger partial charge in [0.25, 0.3) is 0 Å². The van der Waals surface area contributed by atoms with E-state index in [1.165, 1.54) is 0 Å². The molecule has 0 fully saturated rings. The van der Waals surface area contributed by atoms with Gasteiger partial charge in [-0.2, -0.15) is 5.10 Å². The second-order valence-electron chi connectivity index (χ2n) is 4.48. The molecule has 0 spiro atoms. The predicted molar refractivity (Wildman–Crippen MR) is 62.2 cm³/mol. The Labute approximate surface area is 99.4 Å². The standard InChI is InChI=1S/C11H16N6/c12-7-9-2-5-17-10(6-9)14-15-11(17)8-16-4-1-3-13-16/h1,3-4,9H,2,5-8,12H2. The molecule has 6 heteroatoms. The first-order chi connectivity index (χ1) is 8.36. The fraction of sp³-hybridized carbons (Fsp3) is 0.545. The highest BCUT2D eigenvalue weighted by atomic mass is 15.3. The predicted octanol–water partition coefficient (Wildman–Crippen LogP) is 0.0440. The molecule has 2 N–H and O–H groups in total. The molecule has 1 aliphatic heterocycles. The molecule has 0 saturated carbocycles. The minimum Gasteiger partial charge on any atom is -0.330 e. The Balaban J connectivity index is 1.82. The summed E-state index contributed by atoms with van der Waals surface area (Å²) in [6, 6.07) is 1.91. The molecule has 17 heavy (non-hydrogen) atoms. The maximum Gasteiger partial charge on any atom is 0.154 e. The van der Waals surface area contributed by atoms with Gasteiger partial charge in [-0.05, 0) is 24.9 Å². The van der Waals surface area contributed by atoms with Crippen LogP contribution in [0.5, 0.6) is 0 Å². The normalized spacial score (nSPS) is 19.2. The van der Waals surface area contributed by atoms with Crippen LogP contribution in [0.25, 0.3) is 0 Å². The first-order valence-electron chi connectivity index (χ1n) is 5.95. The van der Waals surface area contributed by atoms with Crippen molar-refractivity contribution in [1.82, 2.24) is 24.5 Å². The summed E-state index contributed by atoms with van der Waals surface area (Å²) in [6.45, 7) is 2.40. The van der Waals surface area contributed by atoms with Gasteiger partial charge in [0.1, 0.15) is 12.4 Å². The van der Waals surface area contributed by atoms with Crippen molar-refractivity contribution >= 4 is 0 Å². The van der Waals surface area contributed by atoms with Gasteiger partial charge >= 0.3 is 0 Å². The fourth-order valence-corrected chi connectivity index (χ4v) is 2.31. The van der Waals surface area contributed by atoms with Crippen LogP contribution in [0.3, 0.4) is 0 Å². The minimum atomic E-state index is 0.559. The number of hydrogen-bond donors (Lipinski definition) is 1. The summed E-state index contributed by atoms with van der Waals surface area (Å²) in [6.07, 6.45) is 5.78. The van der Waals surface area contributed by atoms with E-state index in [1.807, 2.05) is 16.9 Å². The van der Waals surface area contributed by atoms with Gasteiger partial charge < -0.3 is 10.3 Å². The minimum absolute atomic E-state index is 0.559. The molecule has 0 aromatic carbocycles. The van der Waals surface area contributed by atoms with Crippen molar-refractivity contribution in [3.8, 4) is 0 Å². The molecule has 6 nitrogen and oxygen atoms in total. The number of aromatic nitrogens is 5. The Morgan fingerprint density at radius 3 is 3.12 bits per heavy atom. The van der Waals surface area contributed by atoms with Gasteiger partial charge in [-0.1, -0.05) is 0 Å². The van der Waals surface area contributed by atoms with Crippen molar-refractivity contribution in [2.75, 3.05) is 6.54 Å². The summed E-state index contributed by atoms with van der Waals surface area (Å²) in [5.41, 5.74) is 5.71. The van der Waals surface area contributed by atoms with Crippen molar-refractivity contribution in [1.29, 1.82) is 0 Å². The Kier molecular flexibility index (Phi) is 2.64. The summed E-state index contributed by atoms with van der Waals surface area (Å²) in [4.78, 5) is 0. The Morgan fingerprint density at radius 2 is 2.35 bits per heavy atom. The number of nitrogens with two attached hydrogens (primary N) is 1. The van der Waals surface area contributed by atoms with Crippen LogP contribution >= 0.6 is 0 Å². The van der Waals surface area contributed by atoms with Gasteiger partial charge in [0, 0.05) is 25.4 Å². The second kappa shape index (κ2) is 4.29. The molecule has 3 rings (SSSR count). The quantitative estimate of drug-likeness (QED) is 0.811. The van der Waals surface area contributed by atoms with Gasteiger partial charge in [0.15, 0.2) is 5.82 Å². The summed E-state index contributed by atoms with van der Waals surface area (Å²) < 4.78 is 4.07. The van der Waals surface area contributed by atoms with E-state index >= 15 is 0 Å². The maximum absolute atomic E-state index is 5.71. The van der Waals surface area contributed by atoms with Crippen molar-refractivity contribution in [3.63, 3.8) is 0 Å². The largest absolute Gasteiger partial charge is 0.330 e. The van der Waals surface area contributed by atoms with E-state index in [0.29, 0.717) is 12.5 Å². The van der Waals surface area contributed by atoms with E-state index in [9.17, 15) is 0 Å². The number of rotatable bonds is 3. The lowest BCUT2D eigenvalue weighted by atomic mass is 9.98. The third-order valence-electron chi connectivity index (χ3n) is 3.33. The van der Waals surface area contributed by atoms with Crippen molar-refractivity contribution < 1.29 is 0 Å². The van der Waals surface area contributed by atoms with Crippen LogP contribution in [0.15, 0.2) is 18.5 Å². The van der Waals surface area contributed by atoms with Crippen LogP contribution in [0.2, 0.25) is 0 Å². The van der Waals surface area contributed by atoms with E-state index < -0.39 is 0 Å². The lowest BCUT2D eigenvalue weighted by Gasteiger charge is -2.22. The van der Waals surface area contributed by atoms with Crippen LogP contribution in [0.4, 0.5) is 0 Å². The molecular formula is C11H16N6. The number of hydrogen-bond acceptors (Lipinski definition) is 4. The molecule has 1 aliphatic rings. The second-order valence-corrected chi connectivity index (χ2v) is 4.48. The Morgan fingerprint density at radius 1 is 1.41 bits per heavy atom. The summed E-state index contributed by atoms with van der Waals surface area (Å²) >= 11 is 0. The third-order valence-corrected chi connectivity index (χ3v) is 3.33. The van der Waals surface area contributed by atoms with Crippen LogP contribution in [0, 0.1) is 5.92 Å². The average Bonchev–Trinajstić information content (AvgIpc) is 2.99. The maximum atomic E-state index is 5.71. The van der Waals surface area contributed by atoms with Gasteiger partial charge in [0.2, 0.25) is 0 Å². The highest BCUT2D eigenvalue weighted by molar-refractivity contribution is 5.01. The van der Waals surface area contributed by atoms with E-state index in [-0.39, 0.29) is 0 Å². The first kappa shape index (κ1) is 10.5. The van der Waals surface area contributed by atoms with E-state index in [0.717, 1.165) is 37.6 Å². The molecule has 0 radical (unpaired) electrons. The molecule has 90 valence electrons. The first-order valence-corrected chi connectivity index (χ1v) is 5.95. The molecular weight excluding hydrogens is 216 g/mol. The lowest BCUT2D eigenvalue weighted by molar-refractivity contribution is 0.381.